The zero-order valence-corrected chi connectivity index (χ0v) is 12.3. The summed E-state index contributed by atoms with van der Waals surface area (Å²) >= 11 is 12.2. The first-order valence-corrected chi connectivity index (χ1v) is 6.75. The predicted molar refractivity (Wildman–Crippen MR) is 72.8 cm³/mol. The van der Waals surface area contributed by atoms with Gasteiger partial charge in [0.1, 0.15) is 21.8 Å². The number of hydrogen-bond donors (Lipinski definition) is 0. The Morgan fingerprint density at radius 3 is 2.30 bits per heavy atom. The normalized spacial score (nSPS) is 23.9. The molecule has 0 amide bonds. The van der Waals surface area contributed by atoms with Crippen LogP contribution in [0.2, 0.25) is 0 Å². The SMILES string of the molecule is Cn1nc(-c2c(F)cccc2F)nc1C1(C)CC1(Cl)Cl. The van der Waals surface area contributed by atoms with Crippen LogP contribution < -0.4 is 0 Å². The third kappa shape index (κ3) is 1.84. The van der Waals surface area contributed by atoms with Crippen molar-refractivity contribution in [1.29, 1.82) is 0 Å². The van der Waals surface area contributed by atoms with Crippen molar-refractivity contribution in [3.8, 4) is 11.4 Å². The van der Waals surface area contributed by atoms with Crippen LogP contribution >= 0.6 is 23.2 Å². The van der Waals surface area contributed by atoms with E-state index in [0.717, 1.165) is 0 Å². The number of rotatable bonds is 2. The summed E-state index contributed by atoms with van der Waals surface area (Å²) < 4.78 is 28.1. The number of halogens is 4. The largest absolute Gasteiger partial charge is 0.252 e. The van der Waals surface area contributed by atoms with Crippen LogP contribution in [0.25, 0.3) is 11.4 Å². The lowest BCUT2D eigenvalue weighted by Gasteiger charge is -2.09. The number of hydrogen-bond acceptors (Lipinski definition) is 2. The standard InChI is InChI=1S/C13H11Cl2F2N3/c1-12(6-13(12,14)15)11-18-10(19-20(11)2)9-7(16)4-3-5-8(9)17/h3-5H,6H2,1-2H3. The summed E-state index contributed by atoms with van der Waals surface area (Å²) in [5.41, 5.74) is -0.800. The molecule has 1 aliphatic carbocycles. The Labute approximate surface area is 124 Å². The topological polar surface area (TPSA) is 30.7 Å². The van der Waals surface area contributed by atoms with Gasteiger partial charge in [-0.3, -0.25) is 4.68 Å². The third-order valence-corrected chi connectivity index (χ3v) is 4.80. The van der Waals surface area contributed by atoms with Crippen LogP contribution in [0.5, 0.6) is 0 Å². The maximum atomic E-state index is 13.8. The summed E-state index contributed by atoms with van der Waals surface area (Å²) in [5.74, 6) is -0.896. The van der Waals surface area contributed by atoms with Crippen LogP contribution in [0.4, 0.5) is 8.78 Å². The van der Waals surface area contributed by atoms with Crippen LogP contribution in [-0.4, -0.2) is 19.1 Å². The molecule has 0 bridgehead atoms. The summed E-state index contributed by atoms with van der Waals surface area (Å²) in [4.78, 5) is 4.23. The van der Waals surface area contributed by atoms with E-state index in [9.17, 15) is 8.78 Å². The van der Waals surface area contributed by atoms with E-state index in [0.29, 0.717) is 12.2 Å². The highest BCUT2D eigenvalue weighted by atomic mass is 35.5. The molecular weight excluding hydrogens is 307 g/mol. The number of benzene rings is 1. The molecule has 0 N–H and O–H groups in total. The first-order chi connectivity index (χ1) is 9.26. The second kappa shape index (κ2) is 4.15. The molecule has 0 aliphatic heterocycles. The summed E-state index contributed by atoms with van der Waals surface area (Å²) in [6.07, 6.45) is 0.523. The predicted octanol–water partition coefficient (Wildman–Crippen LogP) is 3.60. The molecular formula is C13H11Cl2F2N3. The Bertz CT molecular complexity index is 679. The molecule has 1 heterocycles. The Balaban J connectivity index is 2.11. The molecule has 20 heavy (non-hydrogen) atoms. The molecule has 1 aromatic heterocycles. The van der Waals surface area contributed by atoms with Crippen LogP contribution in [0.15, 0.2) is 18.2 Å². The Kier molecular flexibility index (Phi) is 2.86. The van der Waals surface area contributed by atoms with Gasteiger partial charge in [0.15, 0.2) is 5.82 Å². The lowest BCUT2D eigenvalue weighted by atomic mass is 10.1. The monoisotopic (exact) mass is 317 g/mol. The molecule has 0 spiro atoms. The Hall–Kier alpha value is -1.20. The molecule has 1 atom stereocenters. The van der Waals surface area contributed by atoms with Crippen molar-refractivity contribution in [2.45, 2.75) is 23.1 Å². The Morgan fingerprint density at radius 1 is 1.25 bits per heavy atom. The number of aryl methyl sites for hydroxylation is 1. The summed E-state index contributed by atoms with van der Waals surface area (Å²) in [7, 11) is 1.65. The van der Waals surface area contributed by atoms with Crippen molar-refractivity contribution in [3.05, 3.63) is 35.7 Å². The van der Waals surface area contributed by atoms with Crippen molar-refractivity contribution < 1.29 is 8.78 Å². The van der Waals surface area contributed by atoms with E-state index in [2.05, 4.69) is 10.1 Å². The van der Waals surface area contributed by atoms with Crippen LogP contribution in [0.1, 0.15) is 19.2 Å². The Morgan fingerprint density at radius 2 is 1.80 bits per heavy atom. The van der Waals surface area contributed by atoms with Crippen LogP contribution in [0, 0.1) is 11.6 Å². The van der Waals surface area contributed by atoms with Gasteiger partial charge in [0, 0.05) is 7.05 Å². The number of aromatic nitrogens is 3. The van der Waals surface area contributed by atoms with E-state index >= 15 is 0 Å². The molecule has 1 aliphatic rings. The first-order valence-electron chi connectivity index (χ1n) is 6.00. The molecule has 0 radical (unpaired) electrons. The molecule has 3 nitrogen and oxygen atoms in total. The van der Waals surface area contributed by atoms with E-state index in [-0.39, 0.29) is 11.4 Å². The highest BCUT2D eigenvalue weighted by Crippen LogP contribution is 2.64. The van der Waals surface area contributed by atoms with Gasteiger partial charge < -0.3 is 0 Å². The fourth-order valence-electron chi connectivity index (χ4n) is 2.32. The van der Waals surface area contributed by atoms with E-state index < -0.39 is 21.4 Å². The minimum Gasteiger partial charge on any atom is -0.252 e. The van der Waals surface area contributed by atoms with Gasteiger partial charge in [-0.25, -0.2) is 13.8 Å². The second-order valence-corrected chi connectivity index (χ2v) is 6.68. The van der Waals surface area contributed by atoms with Gasteiger partial charge in [0.25, 0.3) is 0 Å². The van der Waals surface area contributed by atoms with Gasteiger partial charge in [-0.15, -0.1) is 23.2 Å². The zero-order valence-electron chi connectivity index (χ0n) is 10.8. The van der Waals surface area contributed by atoms with Crippen molar-refractivity contribution in [3.63, 3.8) is 0 Å². The van der Waals surface area contributed by atoms with Gasteiger partial charge in [-0.05, 0) is 25.5 Å². The van der Waals surface area contributed by atoms with Gasteiger partial charge in [0.05, 0.1) is 11.0 Å². The zero-order chi connectivity index (χ0) is 14.7. The van der Waals surface area contributed by atoms with E-state index in [4.69, 9.17) is 23.2 Å². The first kappa shape index (κ1) is 13.8. The molecule has 3 rings (SSSR count). The fraction of sp³-hybridized carbons (Fsp3) is 0.385. The average Bonchev–Trinajstić information content (AvgIpc) is 2.67. The molecule has 1 fully saturated rings. The van der Waals surface area contributed by atoms with Crippen molar-refractivity contribution >= 4 is 23.2 Å². The van der Waals surface area contributed by atoms with Crippen molar-refractivity contribution in [2.75, 3.05) is 0 Å². The lowest BCUT2D eigenvalue weighted by molar-refractivity contribution is 0.586. The molecule has 106 valence electrons. The van der Waals surface area contributed by atoms with Gasteiger partial charge in [-0.1, -0.05) is 6.07 Å². The molecule has 1 aromatic carbocycles. The van der Waals surface area contributed by atoms with Crippen molar-refractivity contribution in [1.82, 2.24) is 14.8 Å². The highest BCUT2D eigenvalue weighted by molar-refractivity contribution is 6.52. The average molecular weight is 318 g/mol. The third-order valence-electron chi connectivity index (χ3n) is 3.70. The molecule has 2 aromatic rings. The summed E-state index contributed by atoms with van der Waals surface area (Å²) in [5, 5.41) is 4.08. The van der Waals surface area contributed by atoms with Gasteiger partial charge >= 0.3 is 0 Å². The van der Waals surface area contributed by atoms with Gasteiger partial charge in [0.2, 0.25) is 0 Å². The summed E-state index contributed by atoms with van der Waals surface area (Å²) in [6.45, 7) is 1.85. The molecule has 1 saturated carbocycles. The number of alkyl halides is 2. The fourth-order valence-corrected chi connectivity index (χ4v) is 3.03. The van der Waals surface area contributed by atoms with Gasteiger partial charge in [-0.2, -0.15) is 5.10 Å². The minimum absolute atomic E-state index is 0.00430. The number of nitrogens with zero attached hydrogens (tertiary/aromatic N) is 3. The van der Waals surface area contributed by atoms with Crippen molar-refractivity contribution in [2.24, 2.45) is 7.05 Å². The summed E-state index contributed by atoms with van der Waals surface area (Å²) in [6, 6.07) is 3.63. The second-order valence-electron chi connectivity index (χ2n) is 5.19. The quantitative estimate of drug-likeness (QED) is 0.792. The highest BCUT2D eigenvalue weighted by Gasteiger charge is 2.66. The molecule has 7 heteroatoms. The van der Waals surface area contributed by atoms with Crippen LogP contribution in [0.3, 0.4) is 0 Å². The van der Waals surface area contributed by atoms with Crippen LogP contribution in [-0.2, 0) is 12.5 Å². The maximum absolute atomic E-state index is 13.8. The van der Waals surface area contributed by atoms with E-state index in [1.54, 1.807) is 7.05 Å². The van der Waals surface area contributed by atoms with E-state index in [1.807, 2.05) is 6.92 Å². The maximum Gasteiger partial charge on any atom is 0.187 e. The molecule has 0 saturated heterocycles. The smallest absolute Gasteiger partial charge is 0.187 e. The van der Waals surface area contributed by atoms with E-state index in [1.165, 1.54) is 22.9 Å². The lowest BCUT2D eigenvalue weighted by Crippen LogP contribution is -2.16. The molecule has 1 unspecified atom stereocenters. The minimum atomic E-state index is -0.918.